The fourth-order valence-electron chi connectivity index (χ4n) is 2.98. The van der Waals surface area contributed by atoms with Crippen LogP contribution in [0.5, 0.6) is 0 Å². The molecule has 3 heterocycles. The van der Waals surface area contributed by atoms with Crippen LogP contribution in [-0.4, -0.2) is 39.7 Å². The third-order valence-corrected chi connectivity index (χ3v) is 5.45. The van der Waals surface area contributed by atoms with Crippen molar-refractivity contribution in [2.75, 3.05) is 13.1 Å². The first-order valence-electron chi connectivity index (χ1n) is 8.05. The monoisotopic (exact) mass is 413 g/mol. The highest BCUT2D eigenvalue weighted by molar-refractivity contribution is 9.10. The van der Waals surface area contributed by atoms with Crippen LogP contribution in [0, 0.1) is 0 Å². The molecule has 1 aliphatic heterocycles. The summed E-state index contributed by atoms with van der Waals surface area (Å²) < 4.78 is 6.34. The van der Waals surface area contributed by atoms with Gasteiger partial charge >= 0.3 is 6.09 Å². The van der Waals surface area contributed by atoms with E-state index in [9.17, 15) is 4.79 Å². The number of aromatic amines is 1. The molecular weight excluding hydrogens is 394 g/mol. The van der Waals surface area contributed by atoms with Gasteiger partial charge in [-0.05, 0) is 55.6 Å². The largest absolute Gasteiger partial charge is 0.444 e. The summed E-state index contributed by atoms with van der Waals surface area (Å²) in [5.41, 5.74) is 1.40. The maximum absolute atomic E-state index is 12.3. The molecule has 1 unspecified atom stereocenters. The summed E-state index contributed by atoms with van der Waals surface area (Å²) in [4.78, 5) is 21.8. The molecule has 3 rings (SSSR count). The van der Waals surface area contributed by atoms with E-state index in [1.54, 1.807) is 11.1 Å². The van der Waals surface area contributed by atoms with E-state index >= 15 is 0 Å². The number of hydrogen-bond donors (Lipinski definition) is 1. The lowest BCUT2D eigenvalue weighted by Gasteiger charge is -2.33. The first-order valence-corrected chi connectivity index (χ1v) is 9.22. The molecule has 130 valence electrons. The van der Waals surface area contributed by atoms with E-state index in [-0.39, 0.29) is 12.0 Å². The Hall–Kier alpha value is -1.27. The van der Waals surface area contributed by atoms with E-state index in [1.165, 1.54) is 0 Å². The standard InChI is InChI=1S/C17H21BrClN3O2/c1-17(2,3)24-16(23)22-6-4-5-10(9-22)13-7-11-14(18)12(19)8-20-15(11)21-13/h7-8,10H,4-6,9H2,1-3H3,(H,20,21). The van der Waals surface area contributed by atoms with Crippen LogP contribution in [0.4, 0.5) is 4.79 Å². The molecular formula is C17H21BrClN3O2. The van der Waals surface area contributed by atoms with Crippen molar-refractivity contribution in [2.24, 2.45) is 0 Å². The van der Waals surface area contributed by atoms with Crippen molar-refractivity contribution >= 4 is 44.7 Å². The average Bonchev–Trinajstić information content (AvgIpc) is 2.94. The fourth-order valence-corrected chi connectivity index (χ4v) is 3.54. The molecule has 0 radical (unpaired) electrons. The van der Waals surface area contributed by atoms with Gasteiger partial charge in [0.25, 0.3) is 0 Å². The third kappa shape index (κ3) is 3.70. The molecule has 0 saturated carbocycles. The molecule has 7 heteroatoms. The van der Waals surface area contributed by atoms with Crippen LogP contribution >= 0.6 is 27.5 Å². The van der Waals surface area contributed by atoms with Crippen molar-refractivity contribution in [2.45, 2.75) is 45.1 Å². The zero-order valence-corrected chi connectivity index (χ0v) is 16.4. The number of fused-ring (bicyclic) bond motifs is 1. The van der Waals surface area contributed by atoms with Crippen LogP contribution in [0.15, 0.2) is 16.7 Å². The van der Waals surface area contributed by atoms with E-state index in [0.717, 1.165) is 40.6 Å². The van der Waals surface area contributed by atoms with Gasteiger partial charge in [-0.2, -0.15) is 0 Å². The maximum atomic E-state index is 12.3. The second kappa shape index (κ2) is 6.56. The van der Waals surface area contributed by atoms with Crippen LogP contribution in [-0.2, 0) is 4.74 Å². The minimum Gasteiger partial charge on any atom is -0.444 e. The van der Waals surface area contributed by atoms with E-state index in [1.807, 2.05) is 20.8 Å². The smallest absolute Gasteiger partial charge is 0.410 e. The molecule has 2 aromatic rings. The Kier molecular flexibility index (Phi) is 4.80. The van der Waals surface area contributed by atoms with Gasteiger partial charge in [-0.3, -0.25) is 0 Å². The van der Waals surface area contributed by atoms with Gasteiger partial charge in [0.1, 0.15) is 11.2 Å². The number of piperidine rings is 1. The van der Waals surface area contributed by atoms with E-state index in [4.69, 9.17) is 16.3 Å². The molecule has 5 nitrogen and oxygen atoms in total. The number of rotatable bonds is 1. The third-order valence-electron chi connectivity index (χ3n) is 4.08. The predicted octanol–water partition coefficient (Wildman–Crippen LogP) is 5.09. The van der Waals surface area contributed by atoms with Crippen LogP contribution in [0.2, 0.25) is 5.02 Å². The highest BCUT2D eigenvalue weighted by Crippen LogP contribution is 2.34. The van der Waals surface area contributed by atoms with Crippen molar-refractivity contribution in [3.8, 4) is 0 Å². The Morgan fingerprint density at radius 2 is 2.25 bits per heavy atom. The Balaban J connectivity index is 1.80. The summed E-state index contributed by atoms with van der Waals surface area (Å²) in [5.74, 6) is 0.242. The number of H-pyrrole nitrogens is 1. The zero-order valence-electron chi connectivity index (χ0n) is 14.0. The molecule has 0 aromatic carbocycles. The highest BCUT2D eigenvalue weighted by atomic mass is 79.9. The molecule has 1 aliphatic rings. The van der Waals surface area contributed by atoms with Crippen molar-refractivity contribution in [3.05, 3.63) is 27.5 Å². The summed E-state index contributed by atoms with van der Waals surface area (Å²) in [6, 6.07) is 2.07. The van der Waals surface area contributed by atoms with E-state index in [0.29, 0.717) is 11.6 Å². The summed E-state index contributed by atoms with van der Waals surface area (Å²) in [7, 11) is 0. The normalized spacial score (nSPS) is 18.9. The number of nitrogens with one attached hydrogen (secondary N) is 1. The highest BCUT2D eigenvalue weighted by Gasteiger charge is 2.29. The number of ether oxygens (including phenoxy) is 1. The Labute approximate surface area is 154 Å². The maximum Gasteiger partial charge on any atom is 0.410 e. The molecule has 1 saturated heterocycles. The quantitative estimate of drug-likeness (QED) is 0.707. The number of carbonyl (C=O) groups is 1. The van der Waals surface area contributed by atoms with Crippen LogP contribution < -0.4 is 0 Å². The first kappa shape index (κ1) is 17.5. The van der Waals surface area contributed by atoms with Gasteiger partial charge in [-0.15, -0.1) is 0 Å². The lowest BCUT2D eigenvalue weighted by atomic mass is 9.95. The van der Waals surface area contributed by atoms with Gasteiger partial charge in [0.15, 0.2) is 0 Å². The Morgan fingerprint density at radius 3 is 2.96 bits per heavy atom. The van der Waals surface area contributed by atoms with Crippen molar-refractivity contribution in [3.63, 3.8) is 0 Å². The summed E-state index contributed by atoms with van der Waals surface area (Å²) in [5, 5.41) is 1.55. The zero-order chi connectivity index (χ0) is 17.5. The minimum absolute atomic E-state index is 0.242. The molecule has 0 spiro atoms. The number of hydrogen-bond acceptors (Lipinski definition) is 3. The van der Waals surface area contributed by atoms with Gasteiger partial charge in [0.2, 0.25) is 0 Å². The van der Waals surface area contributed by atoms with Crippen LogP contribution in [0.1, 0.15) is 45.2 Å². The van der Waals surface area contributed by atoms with E-state index in [2.05, 4.69) is 32.0 Å². The van der Waals surface area contributed by atoms with Crippen molar-refractivity contribution < 1.29 is 9.53 Å². The van der Waals surface area contributed by atoms with E-state index < -0.39 is 5.60 Å². The number of carbonyl (C=O) groups excluding carboxylic acids is 1. The number of amides is 1. The molecule has 24 heavy (non-hydrogen) atoms. The van der Waals surface area contributed by atoms with Crippen LogP contribution in [0.3, 0.4) is 0 Å². The Morgan fingerprint density at radius 1 is 1.50 bits per heavy atom. The summed E-state index contributed by atoms with van der Waals surface area (Å²) in [6.07, 6.45) is 3.36. The first-order chi connectivity index (χ1) is 11.2. The molecule has 2 aromatic heterocycles. The Bertz CT molecular complexity index is 769. The minimum atomic E-state index is -0.476. The fraction of sp³-hybridized carbons (Fsp3) is 0.529. The SMILES string of the molecule is CC(C)(C)OC(=O)N1CCCC(c2cc3c(Br)c(Cl)cnc3[nH]2)C1. The van der Waals surface area contributed by atoms with Crippen LogP contribution in [0.25, 0.3) is 11.0 Å². The predicted molar refractivity (Wildman–Crippen MR) is 98.6 cm³/mol. The summed E-state index contributed by atoms with van der Waals surface area (Å²) >= 11 is 9.63. The van der Waals surface area contributed by atoms with Gasteiger partial charge in [-0.1, -0.05) is 11.6 Å². The average molecular weight is 415 g/mol. The molecule has 0 aliphatic carbocycles. The number of pyridine rings is 1. The number of aromatic nitrogens is 2. The van der Waals surface area contributed by atoms with Crippen molar-refractivity contribution in [1.82, 2.24) is 14.9 Å². The molecule has 0 bridgehead atoms. The molecule has 1 N–H and O–H groups in total. The molecule has 1 amide bonds. The van der Waals surface area contributed by atoms with Gasteiger partial charge in [-0.25, -0.2) is 9.78 Å². The number of likely N-dealkylation sites (tertiary alicyclic amines) is 1. The second-order valence-electron chi connectivity index (χ2n) is 7.17. The number of halogens is 2. The second-order valence-corrected chi connectivity index (χ2v) is 8.37. The lowest BCUT2D eigenvalue weighted by Crippen LogP contribution is -2.42. The van der Waals surface area contributed by atoms with Gasteiger partial charge in [0, 0.05) is 40.8 Å². The number of nitrogens with zero attached hydrogens (tertiary/aromatic N) is 2. The summed E-state index contributed by atoms with van der Waals surface area (Å²) in [6.45, 7) is 7.04. The van der Waals surface area contributed by atoms with Gasteiger partial charge in [0.05, 0.1) is 5.02 Å². The molecule has 1 atom stereocenters. The van der Waals surface area contributed by atoms with Crippen molar-refractivity contribution in [1.29, 1.82) is 0 Å². The van der Waals surface area contributed by atoms with Gasteiger partial charge < -0.3 is 14.6 Å². The molecule has 1 fully saturated rings. The topological polar surface area (TPSA) is 58.2 Å². The lowest BCUT2D eigenvalue weighted by molar-refractivity contribution is 0.0197.